The Bertz CT molecular complexity index is 567. The Morgan fingerprint density at radius 1 is 1.12 bits per heavy atom. The maximum absolute atomic E-state index is 12.4. The molecule has 0 atom stereocenters. The lowest BCUT2D eigenvalue weighted by atomic mass is 9.86. The third kappa shape index (κ3) is 5.06. The number of nitrogens with zero attached hydrogens (tertiary/aromatic N) is 1. The SMILES string of the molecule is CNC(=O)CN1CCC(NC(=O)c2ccc(C(C)(C)C)cc2)CC1. The fourth-order valence-electron chi connectivity index (χ4n) is 2.91. The summed E-state index contributed by atoms with van der Waals surface area (Å²) in [7, 11) is 1.65. The molecule has 1 aliphatic rings. The number of likely N-dealkylation sites (tertiary alicyclic amines) is 1. The second-order valence-electron chi connectivity index (χ2n) is 7.52. The summed E-state index contributed by atoms with van der Waals surface area (Å²) in [5.74, 6) is 0.0247. The van der Waals surface area contributed by atoms with Crippen LogP contribution in [0.1, 0.15) is 49.5 Å². The largest absolute Gasteiger partial charge is 0.358 e. The van der Waals surface area contributed by atoms with Gasteiger partial charge in [0, 0.05) is 31.7 Å². The highest BCUT2D eigenvalue weighted by molar-refractivity contribution is 5.94. The average molecular weight is 331 g/mol. The molecule has 24 heavy (non-hydrogen) atoms. The van der Waals surface area contributed by atoms with Crippen LogP contribution in [-0.2, 0) is 10.2 Å². The van der Waals surface area contributed by atoms with Gasteiger partial charge in [-0.1, -0.05) is 32.9 Å². The lowest BCUT2D eigenvalue weighted by Crippen LogP contribution is -2.47. The topological polar surface area (TPSA) is 61.4 Å². The van der Waals surface area contributed by atoms with Crippen LogP contribution in [0.25, 0.3) is 0 Å². The molecule has 0 aliphatic carbocycles. The number of hydrogen-bond donors (Lipinski definition) is 2. The minimum atomic E-state index is -0.0137. The van der Waals surface area contributed by atoms with Crippen LogP contribution in [0.3, 0.4) is 0 Å². The molecular formula is C19H29N3O2. The zero-order chi connectivity index (χ0) is 17.7. The smallest absolute Gasteiger partial charge is 0.251 e. The molecular weight excluding hydrogens is 302 g/mol. The Morgan fingerprint density at radius 3 is 2.21 bits per heavy atom. The monoisotopic (exact) mass is 331 g/mol. The van der Waals surface area contributed by atoms with Gasteiger partial charge in [-0.3, -0.25) is 14.5 Å². The molecule has 5 heteroatoms. The summed E-state index contributed by atoms with van der Waals surface area (Å²) in [5, 5.41) is 5.76. The predicted octanol–water partition coefficient (Wildman–Crippen LogP) is 1.92. The molecule has 1 fully saturated rings. The number of carbonyl (C=O) groups excluding carboxylic acids is 2. The van der Waals surface area contributed by atoms with E-state index in [4.69, 9.17) is 0 Å². The normalized spacial score (nSPS) is 16.7. The van der Waals surface area contributed by atoms with Crippen molar-refractivity contribution in [2.24, 2.45) is 0 Å². The van der Waals surface area contributed by atoms with Crippen molar-refractivity contribution < 1.29 is 9.59 Å². The summed E-state index contributed by atoms with van der Waals surface area (Å²) in [5.41, 5.74) is 2.02. The standard InChI is InChI=1S/C19H29N3O2/c1-19(2,3)15-7-5-14(6-8-15)18(24)21-16-9-11-22(12-10-16)13-17(23)20-4/h5-8,16H,9-13H2,1-4H3,(H,20,23)(H,21,24). The van der Waals surface area contributed by atoms with Gasteiger partial charge in [0.25, 0.3) is 5.91 Å². The van der Waals surface area contributed by atoms with Gasteiger partial charge in [0.05, 0.1) is 6.54 Å². The van der Waals surface area contributed by atoms with Crippen LogP contribution >= 0.6 is 0 Å². The van der Waals surface area contributed by atoms with Gasteiger partial charge in [0.2, 0.25) is 5.91 Å². The summed E-state index contributed by atoms with van der Waals surface area (Å²) in [6.07, 6.45) is 1.76. The van der Waals surface area contributed by atoms with E-state index in [-0.39, 0.29) is 23.3 Å². The van der Waals surface area contributed by atoms with Crippen LogP contribution in [0.4, 0.5) is 0 Å². The van der Waals surface area contributed by atoms with Crippen LogP contribution in [0, 0.1) is 0 Å². The van der Waals surface area contributed by atoms with E-state index in [0.29, 0.717) is 12.1 Å². The van der Waals surface area contributed by atoms with Gasteiger partial charge < -0.3 is 10.6 Å². The van der Waals surface area contributed by atoms with E-state index in [2.05, 4.69) is 36.3 Å². The van der Waals surface area contributed by atoms with Crippen LogP contribution in [-0.4, -0.2) is 49.4 Å². The first-order valence-electron chi connectivity index (χ1n) is 8.64. The molecule has 2 N–H and O–H groups in total. The molecule has 0 saturated carbocycles. The van der Waals surface area contributed by atoms with E-state index in [1.165, 1.54) is 5.56 Å². The van der Waals surface area contributed by atoms with Crippen molar-refractivity contribution in [3.05, 3.63) is 35.4 Å². The summed E-state index contributed by atoms with van der Waals surface area (Å²) < 4.78 is 0. The van der Waals surface area contributed by atoms with E-state index in [0.717, 1.165) is 25.9 Å². The molecule has 1 aromatic carbocycles. The highest BCUT2D eigenvalue weighted by atomic mass is 16.2. The van der Waals surface area contributed by atoms with Crippen LogP contribution in [0.2, 0.25) is 0 Å². The molecule has 0 radical (unpaired) electrons. The minimum Gasteiger partial charge on any atom is -0.358 e. The number of rotatable bonds is 4. The molecule has 2 amide bonds. The molecule has 1 aliphatic heterocycles. The number of amides is 2. The first kappa shape index (κ1) is 18.5. The van der Waals surface area contributed by atoms with Gasteiger partial charge in [0.15, 0.2) is 0 Å². The lowest BCUT2D eigenvalue weighted by molar-refractivity contribution is -0.122. The lowest BCUT2D eigenvalue weighted by Gasteiger charge is -2.31. The fraction of sp³-hybridized carbons (Fsp3) is 0.579. The van der Waals surface area contributed by atoms with Crippen molar-refractivity contribution in [1.82, 2.24) is 15.5 Å². The summed E-state index contributed by atoms with van der Waals surface area (Å²) >= 11 is 0. The van der Waals surface area contributed by atoms with Gasteiger partial charge in [-0.25, -0.2) is 0 Å². The fourth-order valence-corrected chi connectivity index (χ4v) is 2.91. The molecule has 0 aromatic heterocycles. The second kappa shape index (κ2) is 7.79. The van der Waals surface area contributed by atoms with Gasteiger partial charge >= 0.3 is 0 Å². The molecule has 0 bridgehead atoms. The quantitative estimate of drug-likeness (QED) is 0.886. The second-order valence-corrected chi connectivity index (χ2v) is 7.52. The average Bonchev–Trinajstić information content (AvgIpc) is 2.55. The Labute approximate surface area is 144 Å². The molecule has 5 nitrogen and oxygen atoms in total. The molecule has 1 saturated heterocycles. The van der Waals surface area contributed by atoms with Crippen molar-refractivity contribution in [2.45, 2.75) is 45.1 Å². The van der Waals surface area contributed by atoms with Gasteiger partial charge in [-0.05, 0) is 36.0 Å². The summed E-state index contributed by atoms with van der Waals surface area (Å²) in [6, 6.07) is 8.04. The minimum absolute atomic E-state index is 0.0137. The van der Waals surface area contributed by atoms with Crippen molar-refractivity contribution in [2.75, 3.05) is 26.7 Å². The van der Waals surface area contributed by atoms with Crippen molar-refractivity contribution in [1.29, 1.82) is 0 Å². The first-order valence-corrected chi connectivity index (χ1v) is 8.64. The predicted molar refractivity (Wildman–Crippen MR) is 96.1 cm³/mol. The Balaban J connectivity index is 1.84. The van der Waals surface area contributed by atoms with E-state index in [1.54, 1.807) is 7.05 Å². The number of piperidine rings is 1. The highest BCUT2D eigenvalue weighted by Gasteiger charge is 2.22. The maximum Gasteiger partial charge on any atom is 0.251 e. The maximum atomic E-state index is 12.4. The van der Waals surface area contributed by atoms with E-state index in [1.807, 2.05) is 24.3 Å². The Hall–Kier alpha value is -1.88. The van der Waals surface area contributed by atoms with Crippen LogP contribution < -0.4 is 10.6 Å². The van der Waals surface area contributed by atoms with E-state index in [9.17, 15) is 9.59 Å². The van der Waals surface area contributed by atoms with Crippen LogP contribution in [0.15, 0.2) is 24.3 Å². The number of likely N-dealkylation sites (N-methyl/N-ethyl adjacent to an activating group) is 1. The van der Waals surface area contributed by atoms with E-state index >= 15 is 0 Å². The molecule has 0 spiro atoms. The molecule has 1 aromatic rings. The van der Waals surface area contributed by atoms with Crippen molar-refractivity contribution in [3.63, 3.8) is 0 Å². The third-order valence-electron chi connectivity index (χ3n) is 4.58. The number of carbonyl (C=O) groups is 2. The zero-order valence-corrected chi connectivity index (χ0v) is 15.2. The zero-order valence-electron chi connectivity index (χ0n) is 15.2. The van der Waals surface area contributed by atoms with E-state index < -0.39 is 0 Å². The van der Waals surface area contributed by atoms with Crippen molar-refractivity contribution in [3.8, 4) is 0 Å². The number of nitrogens with one attached hydrogen (secondary N) is 2. The summed E-state index contributed by atoms with van der Waals surface area (Å²) in [4.78, 5) is 25.9. The molecule has 2 rings (SSSR count). The first-order chi connectivity index (χ1) is 11.3. The van der Waals surface area contributed by atoms with Gasteiger partial charge in [-0.2, -0.15) is 0 Å². The Morgan fingerprint density at radius 2 is 1.71 bits per heavy atom. The van der Waals surface area contributed by atoms with Gasteiger partial charge in [0.1, 0.15) is 0 Å². The summed E-state index contributed by atoms with van der Waals surface area (Å²) in [6.45, 7) is 8.59. The number of benzene rings is 1. The van der Waals surface area contributed by atoms with Crippen LogP contribution in [0.5, 0.6) is 0 Å². The van der Waals surface area contributed by atoms with Crippen molar-refractivity contribution >= 4 is 11.8 Å². The van der Waals surface area contributed by atoms with Gasteiger partial charge in [-0.15, -0.1) is 0 Å². The highest BCUT2D eigenvalue weighted by Crippen LogP contribution is 2.22. The molecule has 1 heterocycles. The molecule has 132 valence electrons. The number of hydrogen-bond acceptors (Lipinski definition) is 3. The Kier molecular flexibility index (Phi) is 5.99. The third-order valence-corrected chi connectivity index (χ3v) is 4.58. The molecule has 0 unspecified atom stereocenters.